The molecule has 0 radical (unpaired) electrons. The summed E-state index contributed by atoms with van der Waals surface area (Å²) >= 11 is 0. The standard InChI is InChI=1S/C17H17FO3/c1-20-16-8-5-13(10-17(16)21-2)14(11-19)9-12-3-6-15(18)7-4-12/h3-8,10-11,14H,9H2,1-2H3. The van der Waals surface area contributed by atoms with Gasteiger partial charge in [0.1, 0.15) is 12.1 Å². The molecule has 0 aliphatic rings. The molecule has 0 aliphatic heterocycles. The number of halogens is 1. The monoisotopic (exact) mass is 288 g/mol. The van der Waals surface area contributed by atoms with Gasteiger partial charge in [-0.1, -0.05) is 18.2 Å². The average Bonchev–Trinajstić information content (AvgIpc) is 2.53. The molecule has 21 heavy (non-hydrogen) atoms. The number of hydrogen-bond donors (Lipinski definition) is 0. The molecule has 1 atom stereocenters. The van der Waals surface area contributed by atoms with Gasteiger partial charge in [0.25, 0.3) is 0 Å². The van der Waals surface area contributed by atoms with E-state index in [1.165, 1.54) is 12.1 Å². The highest BCUT2D eigenvalue weighted by Crippen LogP contribution is 2.31. The molecule has 110 valence electrons. The Balaban J connectivity index is 2.24. The third kappa shape index (κ3) is 3.60. The van der Waals surface area contributed by atoms with Crippen molar-refractivity contribution in [3.05, 3.63) is 59.4 Å². The van der Waals surface area contributed by atoms with Crippen molar-refractivity contribution >= 4 is 6.29 Å². The zero-order valence-corrected chi connectivity index (χ0v) is 12.0. The molecule has 2 aromatic carbocycles. The minimum absolute atomic E-state index is 0.285. The van der Waals surface area contributed by atoms with Crippen LogP contribution in [0.5, 0.6) is 11.5 Å². The number of ether oxygens (including phenoxy) is 2. The summed E-state index contributed by atoms with van der Waals surface area (Å²) in [5.41, 5.74) is 1.75. The van der Waals surface area contributed by atoms with Crippen molar-refractivity contribution in [3.8, 4) is 11.5 Å². The lowest BCUT2D eigenvalue weighted by Gasteiger charge is -2.14. The summed E-state index contributed by atoms with van der Waals surface area (Å²) in [4.78, 5) is 11.4. The molecule has 0 N–H and O–H groups in total. The van der Waals surface area contributed by atoms with Crippen LogP contribution in [0.3, 0.4) is 0 Å². The topological polar surface area (TPSA) is 35.5 Å². The summed E-state index contributed by atoms with van der Waals surface area (Å²) in [5, 5.41) is 0. The van der Waals surface area contributed by atoms with Crippen molar-refractivity contribution < 1.29 is 18.7 Å². The number of carbonyl (C=O) groups excluding carboxylic acids is 1. The summed E-state index contributed by atoms with van der Waals surface area (Å²) in [5.74, 6) is 0.608. The van der Waals surface area contributed by atoms with E-state index in [9.17, 15) is 9.18 Å². The van der Waals surface area contributed by atoms with Gasteiger partial charge in [0, 0.05) is 5.92 Å². The smallest absolute Gasteiger partial charge is 0.161 e. The molecule has 0 aromatic heterocycles. The van der Waals surface area contributed by atoms with E-state index < -0.39 is 0 Å². The van der Waals surface area contributed by atoms with Gasteiger partial charge in [0.2, 0.25) is 0 Å². The van der Waals surface area contributed by atoms with Gasteiger partial charge >= 0.3 is 0 Å². The summed E-state index contributed by atoms with van der Waals surface area (Å²) in [7, 11) is 3.12. The van der Waals surface area contributed by atoms with E-state index in [0.29, 0.717) is 17.9 Å². The predicted octanol–water partition coefficient (Wildman–Crippen LogP) is 3.37. The Hall–Kier alpha value is -2.36. The van der Waals surface area contributed by atoms with Crippen LogP contribution < -0.4 is 9.47 Å². The fraction of sp³-hybridized carbons (Fsp3) is 0.235. The van der Waals surface area contributed by atoms with E-state index in [4.69, 9.17) is 9.47 Å². The first-order chi connectivity index (χ1) is 10.2. The Kier molecular flexibility index (Phi) is 4.93. The maximum absolute atomic E-state index is 12.9. The SMILES string of the molecule is COc1ccc(C(C=O)Cc2ccc(F)cc2)cc1OC. The second-order valence-corrected chi connectivity index (χ2v) is 4.69. The van der Waals surface area contributed by atoms with Crippen molar-refractivity contribution in [3.63, 3.8) is 0 Å². The Morgan fingerprint density at radius 2 is 1.71 bits per heavy atom. The van der Waals surface area contributed by atoms with Crippen molar-refractivity contribution in [2.45, 2.75) is 12.3 Å². The first-order valence-corrected chi connectivity index (χ1v) is 6.59. The van der Waals surface area contributed by atoms with Crippen LogP contribution in [0.1, 0.15) is 17.0 Å². The Bertz CT molecular complexity index is 608. The molecule has 0 fully saturated rings. The quantitative estimate of drug-likeness (QED) is 0.765. The summed E-state index contributed by atoms with van der Waals surface area (Å²) in [6, 6.07) is 11.6. The Labute approximate surface area is 123 Å². The van der Waals surface area contributed by atoms with Gasteiger partial charge in [-0.15, -0.1) is 0 Å². The van der Waals surface area contributed by atoms with E-state index in [1.807, 2.05) is 6.07 Å². The number of hydrogen-bond acceptors (Lipinski definition) is 3. The van der Waals surface area contributed by atoms with Gasteiger partial charge in [-0.2, -0.15) is 0 Å². The summed E-state index contributed by atoms with van der Waals surface area (Å²) in [6.07, 6.45) is 1.41. The summed E-state index contributed by atoms with van der Waals surface area (Å²) < 4.78 is 23.3. The van der Waals surface area contributed by atoms with Crippen molar-refractivity contribution in [1.82, 2.24) is 0 Å². The van der Waals surface area contributed by atoms with Crippen LogP contribution in [0.2, 0.25) is 0 Å². The van der Waals surface area contributed by atoms with Crippen molar-refractivity contribution in [1.29, 1.82) is 0 Å². The van der Waals surface area contributed by atoms with Gasteiger partial charge in [0.15, 0.2) is 11.5 Å². The van der Waals surface area contributed by atoms with E-state index in [1.54, 1.807) is 38.5 Å². The first-order valence-electron chi connectivity index (χ1n) is 6.59. The van der Waals surface area contributed by atoms with Gasteiger partial charge in [-0.3, -0.25) is 0 Å². The molecule has 1 unspecified atom stereocenters. The average molecular weight is 288 g/mol. The molecule has 0 amide bonds. The predicted molar refractivity (Wildman–Crippen MR) is 78.5 cm³/mol. The molecule has 3 nitrogen and oxygen atoms in total. The van der Waals surface area contributed by atoms with Gasteiger partial charge in [0.05, 0.1) is 14.2 Å². The molecule has 0 heterocycles. The van der Waals surface area contributed by atoms with E-state index in [-0.39, 0.29) is 11.7 Å². The minimum Gasteiger partial charge on any atom is -0.493 e. The van der Waals surface area contributed by atoms with E-state index >= 15 is 0 Å². The molecule has 2 rings (SSSR count). The van der Waals surface area contributed by atoms with Crippen LogP contribution >= 0.6 is 0 Å². The normalized spacial score (nSPS) is 11.8. The van der Waals surface area contributed by atoms with E-state index in [0.717, 1.165) is 17.4 Å². The van der Waals surface area contributed by atoms with Crippen LogP contribution in [0.15, 0.2) is 42.5 Å². The van der Waals surface area contributed by atoms with Crippen LogP contribution in [-0.2, 0) is 11.2 Å². The second-order valence-electron chi connectivity index (χ2n) is 4.69. The van der Waals surface area contributed by atoms with Crippen LogP contribution in [0.4, 0.5) is 4.39 Å². The third-order valence-electron chi connectivity index (χ3n) is 3.37. The Morgan fingerprint density at radius 1 is 1.05 bits per heavy atom. The number of methoxy groups -OCH3 is 2. The molecule has 0 aliphatic carbocycles. The molecule has 0 spiro atoms. The molecule has 4 heteroatoms. The first kappa shape index (κ1) is 15.0. The molecular formula is C17H17FO3. The molecule has 0 bridgehead atoms. The number of carbonyl (C=O) groups is 1. The minimum atomic E-state index is -0.310. The maximum atomic E-state index is 12.9. The largest absolute Gasteiger partial charge is 0.493 e. The molecule has 2 aromatic rings. The van der Waals surface area contributed by atoms with E-state index in [2.05, 4.69) is 0 Å². The van der Waals surface area contributed by atoms with Crippen molar-refractivity contribution in [2.75, 3.05) is 14.2 Å². The lowest BCUT2D eigenvalue weighted by atomic mass is 9.93. The Morgan fingerprint density at radius 3 is 2.29 bits per heavy atom. The summed E-state index contributed by atoms with van der Waals surface area (Å²) in [6.45, 7) is 0. The van der Waals surface area contributed by atoms with Crippen LogP contribution in [-0.4, -0.2) is 20.5 Å². The van der Waals surface area contributed by atoms with Gasteiger partial charge in [-0.25, -0.2) is 4.39 Å². The van der Waals surface area contributed by atoms with Gasteiger partial charge < -0.3 is 14.3 Å². The fourth-order valence-electron chi connectivity index (χ4n) is 2.20. The zero-order chi connectivity index (χ0) is 15.2. The van der Waals surface area contributed by atoms with Crippen molar-refractivity contribution in [2.24, 2.45) is 0 Å². The number of aldehydes is 1. The lowest BCUT2D eigenvalue weighted by Crippen LogP contribution is -2.05. The highest BCUT2D eigenvalue weighted by atomic mass is 19.1. The lowest BCUT2D eigenvalue weighted by molar-refractivity contribution is -0.109. The highest BCUT2D eigenvalue weighted by molar-refractivity contribution is 5.64. The molecular weight excluding hydrogens is 271 g/mol. The molecule has 0 saturated heterocycles. The third-order valence-corrected chi connectivity index (χ3v) is 3.37. The highest BCUT2D eigenvalue weighted by Gasteiger charge is 2.14. The van der Waals surface area contributed by atoms with Crippen LogP contribution in [0, 0.1) is 5.82 Å². The zero-order valence-electron chi connectivity index (χ0n) is 12.0. The van der Waals surface area contributed by atoms with Gasteiger partial charge in [-0.05, 0) is 41.8 Å². The number of benzene rings is 2. The van der Waals surface area contributed by atoms with Crippen LogP contribution in [0.25, 0.3) is 0 Å². The number of rotatable bonds is 6. The maximum Gasteiger partial charge on any atom is 0.161 e. The molecule has 0 saturated carbocycles. The fourth-order valence-corrected chi connectivity index (χ4v) is 2.20. The second kappa shape index (κ2) is 6.88.